The number of carbonyl (C=O) groups excluding carboxylic acids is 1. The number of aliphatic hydroxyl groups is 1. The van der Waals surface area contributed by atoms with Crippen molar-refractivity contribution >= 4 is 29.1 Å². The first-order valence-corrected chi connectivity index (χ1v) is 9.36. The highest BCUT2D eigenvalue weighted by Crippen LogP contribution is 2.38. The van der Waals surface area contributed by atoms with Gasteiger partial charge in [0.05, 0.1) is 29.8 Å². The lowest BCUT2D eigenvalue weighted by atomic mass is 9.85. The SMILES string of the molecule is O=C(c1ccccc1)N1CCCC(OCCO)(c2ccc(Cl)c(Cl)c2)C1. The molecule has 1 heterocycles. The Bertz CT molecular complexity index is 769. The first kappa shape index (κ1) is 19.2. The van der Waals surface area contributed by atoms with Crippen LogP contribution in [-0.4, -0.2) is 42.2 Å². The third kappa shape index (κ3) is 4.04. The zero-order valence-electron chi connectivity index (χ0n) is 14.3. The molecule has 1 N–H and O–H groups in total. The van der Waals surface area contributed by atoms with Crippen LogP contribution in [0.25, 0.3) is 0 Å². The van der Waals surface area contributed by atoms with Gasteiger partial charge in [0, 0.05) is 12.1 Å². The van der Waals surface area contributed by atoms with Gasteiger partial charge >= 0.3 is 0 Å². The van der Waals surface area contributed by atoms with Gasteiger partial charge in [-0.1, -0.05) is 47.5 Å². The summed E-state index contributed by atoms with van der Waals surface area (Å²) in [6, 6.07) is 14.6. The number of hydrogen-bond donors (Lipinski definition) is 1. The molecule has 4 nitrogen and oxygen atoms in total. The van der Waals surface area contributed by atoms with Crippen molar-refractivity contribution in [2.24, 2.45) is 0 Å². The minimum atomic E-state index is -0.709. The van der Waals surface area contributed by atoms with Gasteiger partial charge in [0.25, 0.3) is 5.91 Å². The van der Waals surface area contributed by atoms with E-state index in [9.17, 15) is 9.90 Å². The van der Waals surface area contributed by atoms with Gasteiger partial charge in [-0.25, -0.2) is 0 Å². The van der Waals surface area contributed by atoms with Gasteiger partial charge in [-0.05, 0) is 42.7 Å². The molecule has 1 atom stereocenters. The number of carbonyl (C=O) groups is 1. The number of aliphatic hydroxyl groups excluding tert-OH is 1. The molecular weight excluding hydrogens is 373 g/mol. The summed E-state index contributed by atoms with van der Waals surface area (Å²) in [6.45, 7) is 1.17. The normalized spacial score (nSPS) is 20.2. The Hall–Kier alpha value is -1.59. The minimum absolute atomic E-state index is 0.0256. The highest BCUT2D eigenvalue weighted by molar-refractivity contribution is 6.42. The lowest BCUT2D eigenvalue weighted by Crippen LogP contribution is -2.50. The molecule has 3 rings (SSSR count). The van der Waals surface area contributed by atoms with Crippen LogP contribution in [-0.2, 0) is 10.3 Å². The number of rotatable bonds is 5. The predicted octanol–water partition coefficient (Wildman–Crippen LogP) is 4.13. The van der Waals surface area contributed by atoms with Crippen LogP contribution in [0.15, 0.2) is 48.5 Å². The van der Waals surface area contributed by atoms with E-state index in [1.54, 1.807) is 17.0 Å². The molecule has 0 aliphatic carbocycles. The second-order valence-corrected chi connectivity index (χ2v) is 7.21. The van der Waals surface area contributed by atoms with Crippen molar-refractivity contribution in [3.63, 3.8) is 0 Å². The molecule has 1 aliphatic heterocycles. The van der Waals surface area contributed by atoms with Crippen LogP contribution in [0.2, 0.25) is 10.0 Å². The van der Waals surface area contributed by atoms with Gasteiger partial charge in [0.2, 0.25) is 0 Å². The van der Waals surface area contributed by atoms with Crippen molar-refractivity contribution in [3.05, 3.63) is 69.7 Å². The second kappa shape index (κ2) is 8.40. The fourth-order valence-electron chi connectivity index (χ4n) is 3.42. The number of amides is 1. The average molecular weight is 394 g/mol. The number of nitrogens with zero attached hydrogens (tertiary/aromatic N) is 1. The van der Waals surface area contributed by atoms with E-state index < -0.39 is 5.60 Å². The van der Waals surface area contributed by atoms with E-state index in [1.807, 2.05) is 36.4 Å². The Kier molecular flexibility index (Phi) is 6.20. The van der Waals surface area contributed by atoms with Crippen molar-refractivity contribution in [1.82, 2.24) is 4.90 Å². The van der Waals surface area contributed by atoms with Crippen molar-refractivity contribution in [2.45, 2.75) is 18.4 Å². The largest absolute Gasteiger partial charge is 0.394 e. The van der Waals surface area contributed by atoms with E-state index in [0.29, 0.717) is 28.7 Å². The van der Waals surface area contributed by atoms with E-state index in [2.05, 4.69) is 0 Å². The Balaban J connectivity index is 1.91. The summed E-state index contributed by atoms with van der Waals surface area (Å²) in [5.41, 5.74) is 0.810. The van der Waals surface area contributed by atoms with Crippen LogP contribution < -0.4 is 0 Å². The summed E-state index contributed by atoms with van der Waals surface area (Å²) in [5, 5.41) is 10.2. The Morgan fingerprint density at radius 1 is 1.15 bits per heavy atom. The molecule has 138 valence electrons. The molecule has 0 spiro atoms. The number of likely N-dealkylation sites (tertiary alicyclic amines) is 1. The van der Waals surface area contributed by atoms with Crippen LogP contribution in [0.3, 0.4) is 0 Å². The standard InChI is InChI=1S/C20H21Cl2NO3/c21-17-8-7-16(13-18(17)22)20(26-12-11-24)9-4-10-23(14-20)19(25)15-5-2-1-3-6-15/h1-3,5-8,13,24H,4,9-12,14H2. The van der Waals surface area contributed by atoms with E-state index in [4.69, 9.17) is 27.9 Å². The topological polar surface area (TPSA) is 49.8 Å². The molecular formula is C20H21Cl2NO3. The minimum Gasteiger partial charge on any atom is -0.394 e. The zero-order chi connectivity index (χ0) is 18.6. The van der Waals surface area contributed by atoms with Gasteiger partial charge in [-0.2, -0.15) is 0 Å². The van der Waals surface area contributed by atoms with Gasteiger partial charge in [0.15, 0.2) is 0 Å². The van der Waals surface area contributed by atoms with Crippen LogP contribution in [0.5, 0.6) is 0 Å². The Morgan fingerprint density at radius 3 is 2.62 bits per heavy atom. The average Bonchev–Trinajstić information content (AvgIpc) is 2.68. The first-order valence-electron chi connectivity index (χ1n) is 8.60. The van der Waals surface area contributed by atoms with Crippen LogP contribution in [0.1, 0.15) is 28.8 Å². The molecule has 6 heteroatoms. The zero-order valence-corrected chi connectivity index (χ0v) is 15.8. The quantitative estimate of drug-likeness (QED) is 0.830. The maximum absolute atomic E-state index is 12.9. The van der Waals surface area contributed by atoms with Gasteiger partial charge in [-0.15, -0.1) is 0 Å². The summed E-state index contributed by atoms with van der Waals surface area (Å²) >= 11 is 12.3. The molecule has 1 saturated heterocycles. The molecule has 0 saturated carbocycles. The van der Waals surface area contributed by atoms with Crippen LogP contribution >= 0.6 is 23.2 Å². The van der Waals surface area contributed by atoms with Crippen LogP contribution in [0, 0.1) is 0 Å². The Morgan fingerprint density at radius 2 is 1.92 bits per heavy atom. The van der Waals surface area contributed by atoms with Gasteiger partial charge in [-0.3, -0.25) is 4.79 Å². The van der Waals surface area contributed by atoms with Crippen molar-refractivity contribution in [3.8, 4) is 0 Å². The van der Waals surface area contributed by atoms with Crippen LogP contribution in [0.4, 0.5) is 0 Å². The van der Waals surface area contributed by atoms with E-state index in [0.717, 1.165) is 18.4 Å². The number of piperidine rings is 1. The number of ether oxygens (including phenoxy) is 1. The summed E-state index contributed by atoms with van der Waals surface area (Å²) in [4.78, 5) is 14.7. The highest BCUT2D eigenvalue weighted by atomic mass is 35.5. The summed E-state index contributed by atoms with van der Waals surface area (Å²) in [6.07, 6.45) is 1.54. The molecule has 1 aliphatic rings. The smallest absolute Gasteiger partial charge is 0.253 e. The third-order valence-corrected chi connectivity index (χ3v) is 5.42. The molecule has 1 unspecified atom stereocenters. The third-order valence-electron chi connectivity index (χ3n) is 4.68. The van der Waals surface area contributed by atoms with E-state index >= 15 is 0 Å². The number of hydrogen-bond acceptors (Lipinski definition) is 3. The van der Waals surface area contributed by atoms with E-state index in [-0.39, 0.29) is 19.1 Å². The van der Waals surface area contributed by atoms with Gasteiger partial charge < -0.3 is 14.7 Å². The van der Waals surface area contributed by atoms with Crippen molar-refractivity contribution < 1.29 is 14.6 Å². The van der Waals surface area contributed by atoms with Gasteiger partial charge in [0.1, 0.15) is 5.60 Å². The summed E-state index contributed by atoms with van der Waals surface area (Å²) in [7, 11) is 0. The number of benzene rings is 2. The molecule has 0 radical (unpaired) electrons. The lowest BCUT2D eigenvalue weighted by molar-refractivity contribution is -0.0977. The summed E-state index contributed by atoms with van der Waals surface area (Å²) < 4.78 is 6.07. The lowest BCUT2D eigenvalue weighted by Gasteiger charge is -2.43. The predicted molar refractivity (Wildman–Crippen MR) is 103 cm³/mol. The second-order valence-electron chi connectivity index (χ2n) is 6.39. The highest BCUT2D eigenvalue weighted by Gasteiger charge is 2.40. The number of halogens is 2. The maximum atomic E-state index is 12.9. The maximum Gasteiger partial charge on any atom is 0.253 e. The van der Waals surface area contributed by atoms with Crippen molar-refractivity contribution in [1.29, 1.82) is 0 Å². The van der Waals surface area contributed by atoms with Crippen molar-refractivity contribution in [2.75, 3.05) is 26.3 Å². The molecule has 2 aromatic rings. The monoisotopic (exact) mass is 393 g/mol. The molecule has 2 aromatic carbocycles. The molecule has 1 fully saturated rings. The Labute approximate surface area is 163 Å². The fourth-order valence-corrected chi connectivity index (χ4v) is 3.71. The first-order chi connectivity index (χ1) is 12.6. The van der Waals surface area contributed by atoms with E-state index in [1.165, 1.54) is 0 Å². The molecule has 0 aromatic heterocycles. The summed E-state index contributed by atoms with van der Waals surface area (Å²) in [5.74, 6) is -0.0256. The fraction of sp³-hybridized carbons (Fsp3) is 0.350. The molecule has 1 amide bonds. The molecule has 0 bridgehead atoms. The molecule has 26 heavy (non-hydrogen) atoms.